The van der Waals surface area contributed by atoms with Crippen LogP contribution >= 0.6 is 11.8 Å². The van der Waals surface area contributed by atoms with Crippen LogP contribution < -0.4 is 0 Å². The molecule has 9 heteroatoms. The Morgan fingerprint density at radius 3 is 2.54 bits per heavy atom. The van der Waals surface area contributed by atoms with Gasteiger partial charge in [-0.3, -0.25) is 4.79 Å². The number of hydrogen-bond donors (Lipinski definition) is 0. The lowest BCUT2D eigenvalue weighted by Crippen LogP contribution is -2.16. The Morgan fingerprint density at radius 2 is 1.96 bits per heavy atom. The summed E-state index contributed by atoms with van der Waals surface area (Å²) in [5.41, 5.74) is 0. The molecule has 1 aromatic heterocycles. The van der Waals surface area contributed by atoms with Crippen LogP contribution in [-0.4, -0.2) is 41.5 Å². The van der Waals surface area contributed by atoms with Gasteiger partial charge in [-0.25, -0.2) is 8.42 Å². The average molecular weight is 369 g/mol. The Morgan fingerprint density at radius 1 is 1.29 bits per heavy atom. The van der Waals surface area contributed by atoms with E-state index in [1.54, 1.807) is 41.8 Å². The Kier molecular flexibility index (Phi) is 6.00. The second-order valence-corrected chi connectivity index (χ2v) is 8.30. The minimum absolute atomic E-state index is 0.243. The predicted molar refractivity (Wildman–Crippen MR) is 90.4 cm³/mol. The van der Waals surface area contributed by atoms with Crippen LogP contribution in [-0.2, 0) is 31.7 Å². The average Bonchev–Trinajstić information content (AvgIpc) is 2.95. The summed E-state index contributed by atoms with van der Waals surface area (Å²) >= 11 is 1.19. The highest BCUT2D eigenvalue weighted by molar-refractivity contribution is 8.00. The zero-order valence-electron chi connectivity index (χ0n) is 13.7. The molecule has 0 bridgehead atoms. The second-order valence-electron chi connectivity index (χ2n) is 5.00. The van der Waals surface area contributed by atoms with E-state index in [1.165, 1.54) is 18.9 Å². The molecule has 0 spiro atoms. The zero-order valence-corrected chi connectivity index (χ0v) is 15.3. The highest BCUT2D eigenvalue weighted by atomic mass is 32.2. The van der Waals surface area contributed by atoms with Crippen molar-refractivity contribution in [1.82, 2.24) is 14.8 Å². The number of hydrogen-bond acceptors (Lipinski definition) is 7. The number of ether oxygens (including phenoxy) is 1. The van der Waals surface area contributed by atoms with E-state index in [0.717, 1.165) is 0 Å². The van der Waals surface area contributed by atoms with Gasteiger partial charge in [-0.1, -0.05) is 30.0 Å². The number of benzene rings is 1. The summed E-state index contributed by atoms with van der Waals surface area (Å²) in [7, 11) is -2.19. The third-order valence-electron chi connectivity index (χ3n) is 3.35. The summed E-state index contributed by atoms with van der Waals surface area (Å²) in [5, 5.41) is 8.06. The molecular formula is C15H19N3O4S2. The molecule has 0 aliphatic rings. The zero-order chi connectivity index (χ0) is 17.7. The van der Waals surface area contributed by atoms with Crippen LogP contribution in [0.2, 0.25) is 0 Å². The van der Waals surface area contributed by atoms with E-state index in [-0.39, 0.29) is 16.6 Å². The minimum atomic E-state index is -3.51. The molecule has 0 saturated carbocycles. The fraction of sp³-hybridized carbons (Fsp3) is 0.400. The Bertz CT molecular complexity index is 803. The van der Waals surface area contributed by atoms with Crippen LogP contribution in [0.25, 0.3) is 0 Å². The monoisotopic (exact) mass is 369 g/mol. The number of thioether (sulfide) groups is 1. The number of aromatic nitrogens is 3. The number of sulfone groups is 1. The quantitative estimate of drug-likeness (QED) is 0.544. The lowest BCUT2D eigenvalue weighted by Gasteiger charge is -2.10. The fourth-order valence-corrected chi connectivity index (χ4v) is 4.33. The maximum absolute atomic E-state index is 12.5. The molecule has 1 aromatic carbocycles. The predicted octanol–water partition coefficient (Wildman–Crippen LogP) is 1.93. The van der Waals surface area contributed by atoms with Gasteiger partial charge < -0.3 is 9.30 Å². The first-order valence-electron chi connectivity index (χ1n) is 7.33. The Labute approximate surface area is 145 Å². The molecule has 0 radical (unpaired) electrons. The van der Waals surface area contributed by atoms with E-state index < -0.39 is 15.1 Å². The van der Waals surface area contributed by atoms with E-state index >= 15 is 0 Å². The van der Waals surface area contributed by atoms with E-state index in [9.17, 15) is 13.2 Å². The van der Waals surface area contributed by atoms with Crippen molar-refractivity contribution in [1.29, 1.82) is 0 Å². The third-order valence-corrected chi connectivity index (χ3v) is 6.03. The maximum Gasteiger partial charge on any atom is 0.318 e. The summed E-state index contributed by atoms with van der Waals surface area (Å²) in [5.74, 6) is -0.268. The van der Waals surface area contributed by atoms with Crippen LogP contribution in [0.5, 0.6) is 0 Å². The van der Waals surface area contributed by atoms with Gasteiger partial charge in [-0.05, 0) is 26.0 Å². The van der Waals surface area contributed by atoms with E-state index in [1.807, 2.05) is 6.92 Å². The molecule has 2 rings (SSSR count). The first kappa shape index (κ1) is 18.5. The van der Waals surface area contributed by atoms with Gasteiger partial charge in [0.05, 0.1) is 12.0 Å². The molecule has 0 fully saturated rings. The molecule has 0 aliphatic heterocycles. The van der Waals surface area contributed by atoms with Crippen molar-refractivity contribution in [3.63, 3.8) is 0 Å². The largest absolute Gasteiger partial charge is 0.468 e. The smallest absolute Gasteiger partial charge is 0.318 e. The van der Waals surface area contributed by atoms with Gasteiger partial charge in [0.1, 0.15) is 16.8 Å². The number of carbonyl (C=O) groups is 1. The number of rotatable bonds is 7. The van der Waals surface area contributed by atoms with Gasteiger partial charge in [0.2, 0.25) is 0 Å². The van der Waals surface area contributed by atoms with Crippen molar-refractivity contribution in [2.24, 2.45) is 0 Å². The molecule has 1 atom stereocenters. The Hall–Kier alpha value is -1.87. The second kappa shape index (κ2) is 7.80. The van der Waals surface area contributed by atoms with Crippen molar-refractivity contribution < 1.29 is 17.9 Å². The molecular weight excluding hydrogens is 350 g/mol. The lowest BCUT2D eigenvalue weighted by molar-refractivity contribution is -0.139. The molecule has 0 saturated heterocycles. The van der Waals surface area contributed by atoms with E-state index in [0.29, 0.717) is 17.5 Å². The summed E-state index contributed by atoms with van der Waals surface area (Å²) in [4.78, 5) is 11.8. The number of methoxy groups -OCH3 is 1. The van der Waals surface area contributed by atoms with Crippen molar-refractivity contribution in [3.8, 4) is 0 Å². The summed E-state index contributed by atoms with van der Waals surface area (Å²) in [6.45, 7) is 4.07. The fourth-order valence-electron chi connectivity index (χ4n) is 2.08. The normalized spacial score (nSPS) is 12.8. The van der Waals surface area contributed by atoms with Gasteiger partial charge in [-0.2, -0.15) is 0 Å². The molecule has 1 heterocycles. The summed E-state index contributed by atoms with van der Waals surface area (Å²) < 4.78 is 31.4. The molecule has 1 unspecified atom stereocenters. The summed E-state index contributed by atoms with van der Waals surface area (Å²) in [6.07, 6.45) is 0. The molecule has 0 amide bonds. The number of carbonyl (C=O) groups excluding carboxylic acids is 1. The SMILES string of the molecule is CCn1c(CS(=O)(=O)c2ccccc2)nnc1SC(C)C(=O)OC. The van der Waals surface area contributed by atoms with Gasteiger partial charge in [0, 0.05) is 6.54 Å². The highest BCUT2D eigenvalue weighted by Crippen LogP contribution is 2.24. The van der Waals surface area contributed by atoms with Gasteiger partial charge >= 0.3 is 5.97 Å². The third kappa shape index (κ3) is 4.15. The van der Waals surface area contributed by atoms with Gasteiger partial charge in [-0.15, -0.1) is 10.2 Å². The minimum Gasteiger partial charge on any atom is -0.468 e. The van der Waals surface area contributed by atoms with Crippen molar-refractivity contribution >= 4 is 27.6 Å². The molecule has 0 N–H and O–H groups in total. The number of nitrogens with zero attached hydrogens (tertiary/aromatic N) is 3. The molecule has 0 aliphatic carbocycles. The van der Waals surface area contributed by atoms with Crippen LogP contribution in [0.15, 0.2) is 40.4 Å². The van der Waals surface area contributed by atoms with Crippen LogP contribution in [0.1, 0.15) is 19.7 Å². The van der Waals surface area contributed by atoms with Crippen molar-refractivity contribution in [2.45, 2.75) is 41.4 Å². The number of esters is 1. The first-order valence-corrected chi connectivity index (χ1v) is 9.86. The van der Waals surface area contributed by atoms with Gasteiger partial charge in [0.15, 0.2) is 15.0 Å². The highest BCUT2D eigenvalue weighted by Gasteiger charge is 2.23. The molecule has 130 valence electrons. The van der Waals surface area contributed by atoms with Crippen molar-refractivity contribution in [2.75, 3.05) is 7.11 Å². The topological polar surface area (TPSA) is 91.1 Å². The van der Waals surface area contributed by atoms with Gasteiger partial charge in [0.25, 0.3) is 0 Å². The van der Waals surface area contributed by atoms with E-state index in [4.69, 9.17) is 0 Å². The summed E-state index contributed by atoms with van der Waals surface area (Å²) in [6, 6.07) is 8.22. The van der Waals surface area contributed by atoms with Crippen LogP contribution in [0.3, 0.4) is 0 Å². The maximum atomic E-state index is 12.5. The molecule has 2 aromatic rings. The lowest BCUT2D eigenvalue weighted by atomic mass is 10.4. The van der Waals surface area contributed by atoms with Crippen LogP contribution in [0.4, 0.5) is 0 Å². The first-order chi connectivity index (χ1) is 11.4. The van der Waals surface area contributed by atoms with Crippen molar-refractivity contribution in [3.05, 3.63) is 36.2 Å². The standard InChI is InChI=1S/C15H19N3O4S2/c1-4-18-13(10-24(20,21)12-8-6-5-7-9-12)16-17-15(18)23-11(2)14(19)22-3/h5-9,11H,4,10H2,1-3H3. The molecule has 7 nitrogen and oxygen atoms in total. The Balaban J connectivity index is 2.25. The van der Waals surface area contributed by atoms with E-state index in [2.05, 4.69) is 14.9 Å². The van der Waals surface area contributed by atoms with Crippen LogP contribution in [0, 0.1) is 0 Å². The molecule has 24 heavy (non-hydrogen) atoms.